The van der Waals surface area contributed by atoms with Crippen LogP contribution in [0.3, 0.4) is 0 Å². The van der Waals surface area contributed by atoms with E-state index < -0.39 is 0 Å². The number of piperidine rings is 1. The average molecular weight is 369 g/mol. The van der Waals surface area contributed by atoms with E-state index in [4.69, 9.17) is 0 Å². The average Bonchev–Trinajstić information content (AvgIpc) is 3.31. The highest BCUT2D eigenvalue weighted by Gasteiger charge is 2.25. The summed E-state index contributed by atoms with van der Waals surface area (Å²) in [4.78, 5) is 6.36. The Kier molecular flexibility index (Phi) is 4.98. The van der Waals surface area contributed by atoms with Crippen LogP contribution in [0.4, 0.5) is 4.39 Å². The largest absolute Gasteiger partial charge is 0.316 e. The predicted octanol–water partition coefficient (Wildman–Crippen LogP) is 2.28. The summed E-state index contributed by atoms with van der Waals surface area (Å²) in [5, 5.41) is 12.9. The Balaban J connectivity index is 1.38. The van der Waals surface area contributed by atoms with Crippen LogP contribution in [0.1, 0.15) is 41.5 Å². The van der Waals surface area contributed by atoms with E-state index in [0.29, 0.717) is 12.5 Å². The van der Waals surface area contributed by atoms with Crippen LogP contribution in [0.5, 0.6) is 0 Å². The number of halogens is 1. The van der Waals surface area contributed by atoms with Crippen molar-refractivity contribution in [3.05, 3.63) is 59.4 Å². The van der Waals surface area contributed by atoms with Crippen LogP contribution < -0.4 is 0 Å². The maximum atomic E-state index is 13.8. The Hall–Kier alpha value is -2.61. The minimum absolute atomic E-state index is 0.124. The van der Waals surface area contributed by atoms with Gasteiger partial charge in [0, 0.05) is 19.5 Å². The van der Waals surface area contributed by atoms with Crippen molar-refractivity contribution in [1.29, 1.82) is 0 Å². The molecule has 0 atom stereocenters. The lowest BCUT2D eigenvalue weighted by Gasteiger charge is -2.31. The van der Waals surface area contributed by atoms with Gasteiger partial charge in [-0.05, 0) is 50.0 Å². The second-order valence-electron chi connectivity index (χ2n) is 7.20. The van der Waals surface area contributed by atoms with Crippen molar-refractivity contribution < 1.29 is 4.39 Å². The predicted molar refractivity (Wildman–Crippen MR) is 98.5 cm³/mol. The topological polar surface area (TPSA) is 64.7 Å². The number of aromatic nitrogens is 6. The van der Waals surface area contributed by atoms with Gasteiger partial charge in [0.05, 0.1) is 0 Å². The van der Waals surface area contributed by atoms with Gasteiger partial charge < -0.3 is 4.57 Å². The Morgan fingerprint density at radius 1 is 1.15 bits per heavy atom. The van der Waals surface area contributed by atoms with Crippen molar-refractivity contribution in [2.45, 2.75) is 38.8 Å². The van der Waals surface area contributed by atoms with E-state index in [-0.39, 0.29) is 5.82 Å². The highest BCUT2D eigenvalue weighted by Crippen LogP contribution is 2.28. The molecule has 0 bridgehead atoms. The first-order valence-corrected chi connectivity index (χ1v) is 9.28. The van der Waals surface area contributed by atoms with Crippen LogP contribution >= 0.6 is 0 Å². The van der Waals surface area contributed by atoms with Gasteiger partial charge in [0.1, 0.15) is 30.8 Å². The molecule has 27 heavy (non-hydrogen) atoms. The molecule has 8 heteroatoms. The van der Waals surface area contributed by atoms with Crippen molar-refractivity contribution in [2.75, 3.05) is 13.1 Å². The van der Waals surface area contributed by atoms with Gasteiger partial charge in [0.2, 0.25) is 0 Å². The van der Waals surface area contributed by atoms with Gasteiger partial charge in [-0.25, -0.2) is 14.1 Å². The zero-order valence-electron chi connectivity index (χ0n) is 15.7. The van der Waals surface area contributed by atoms with Crippen molar-refractivity contribution in [1.82, 2.24) is 34.4 Å². The molecule has 0 amide bonds. The standard InChI is InChI=1S/C19H24FN7/c1-14-16(4-3-5-17(14)20)10-26-8-6-15(7-9-26)19-24-23-18(25(19)2)11-27-13-21-12-22-27/h3-5,12-13,15H,6-11H2,1-2H3. The third-order valence-corrected chi connectivity index (χ3v) is 5.50. The van der Waals surface area contributed by atoms with Crippen LogP contribution in [0, 0.1) is 12.7 Å². The van der Waals surface area contributed by atoms with Gasteiger partial charge in [-0.1, -0.05) is 12.1 Å². The number of hydrogen-bond donors (Lipinski definition) is 0. The fourth-order valence-electron chi connectivity index (χ4n) is 3.74. The summed E-state index contributed by atoms with van der Waals surface area (Å²) in [7, 11) is 2.02. The molecule has 7 nitrogen and oxygen atoms in total. The number of nitrogens with zero attached hydrogens (tertiary/aromatic N) is 7. The number of likely N-dealkylation sites (tertiary alicyclic amines) is 1. The van der Waals surface area contributed by atoms with E-state index >= 15 is 0 Å². The highest BCUT2D eigenvalue weighted by molar-refractivity contribution is 5.27. The maximum absolute atomic E-state index is 13.8. The third kappa shape index (κ3) is 3.75. The molecule has 0 saturated carbocycles. The molecule has 1 aliphatic rings. The second kappa shape index (κ2) is 7.56. The van der Waals surface area contributed by atoms with E-state index in [2.05, 4.69) is 29.7 Å². The molecule has 0 spiro atoms. The SMILES string of the molecule is Cc1c(F)cccc1CN1CCC(c2nnc(Cn3cncn3)n2C)CC1. The summed E-state index contributed by atoms with van der Waals surface area (Å²) in [6.07, 6.45) is 5.27. The number of hydrogen-bond acceptors (Lipinski definition) is 5. The maximum Gasteiger partial charge on any atom is 0.154 e. The minimum atomic E-state index is -0.124. The summed E-state index contributed by atoms with van der Waals surface area (Å²) in [6.45, 7) is 5.18. The Labute approximate surface area is 157 Å². The molecule has 3 heterocycles. The van der Waals surface area contributed by atoms with Gasteiger partial charge in [0.25, 0.3) is 0 Å². The van der Waals surface area contributed by atoms with Crippen molar-refractivity contribution >= 4 is 0 Å². The molecular weight excluding hydrogens is 345 g/mol. The van der Waals surface area contributed by atoms with Gasteiger partial charge in [-0.3, -0.25) is 4.90 Å². The molecule has 0 N–H and O–H groups in total. The highest BCUT2D eigenvalue weighted by atomic mass is 19.1. The first kappa shape index (κ1) is 17.8. The Morgan fingerprint density at radius 2 is 1.96 bits per heavy atom. The number of rotatable bonds is 5. The Bertz CT molecular complexity index is 895. The van der Waals surface area contributed by atoms with Gasteiger partial charge >= 0.3 is 0 Å². The molecule has 142 valence electrons. The van der Waals surface area contributed by atoms with Gasteiger partial charge in [-0.15, -0.1) is 10.2 Å². The minimum Gasteiger partial charge on any atom is -0.316 e. The first-order valence-electron chi connectivity index (χ1n) is 9.28. The van der Waals surface area contributed by atoms with Crippen LogP contribution in [0.25, 0.3) is 0 Å². The van der Waals surface area contributed by atoms with Crippen molar-refractivity contribution in [2.24, 2.45) is 7.05 Å². The molecule has 1 aliphatic heterocycles. The molecule has 1 aromatic carbocycles. The summed E-state index contributed by atoms with van der Waals surface area (Å²) in [5.74, 6) is 2.19. The molecule has 0 unspecified atom stereocenters. The Morgan fingerprint density at radius 3 is 2.70 bits per heavy atom. The van der Waals surface area contributed by atoms with Crippen LogP contribution in [0.2, 0.25) is 0 Å². The van der Waals surface area contributed by atoms with Crippen LogP contribution in [-0.2, 0) is 20.1 Å². The lowest BCUT2D eigenvalue weighted by atomic mass is 9.95. The van der Waals surface area contributed by atoms with Crippen LogP contribution in [0.15, 0.2) is 30.9 Å². The van der Waals surface area contributed by atoms with Crippen molar-refractivity contribution in [3.8, 4) is 0 Å². The smallest absolute Gasteiger partial charge is 0.154 e. The molecule has 2 aromatic heterocycles. The van der Waals surface area contributed by atoms with Gasteiger partial charge in [-0.2, -0.15) is 5.10 Å². The van der Waals surface area contributed by atoms with E-state index in [0.717, 1.165) is 55.3 Å². The van der Waals surface area contributed by atoms with E-state index in [1.54, 1.807) is 17.1 Å². The molecule has 0 radical (unpaired) electrons. The third-order valence-electron chi connectivity index (χ3n) is 5.50. The lowest BCUT2D eigenvalue weighted by molar-refractivity contribution is 0.200. The quantitative estimate of drug-likeness (QED) is 0.690. The lowest BCUT2D eigenvalue weighted by Crippen LogP contribution is -2.33. The first-order chi connectivity index (χ1) is 13.1. The molecule has 1 fully saturated rings. The molecule has 1 saturated heterocycles. The van der Waals surface area contributed by atoms with E-state index in [1.165, 1.54) is 12.4 Å². The summed E-state index contributed by atoms with van der Waals surface area (Å²) in [6, 6.07) is 5.33. The van der Waals surface area contributed by atoms with Crippen molar-refractivity contribution in [3.63, 3.8) is 0 Å². The summed E-state index contributed by atoms with van der Waals surface area (Å²) in [5.41, 5.74) is 1.83. The molecule has 3 aromatic rings. The molecule has 4 rings (SSSR count). The van der Waals surface area contributed by atoms with Crippen LogP contribution in [-0.4, -0.2) is 47.5 Å². The molecular formula is C19H24FN7. The number of benzene rings is 1. The summed E-state index contributed by atoms with van der Waals surface area (Å²) >= 11 is 0. The normalized spacial score (nSPS) is 16.1. The second-order valence-corrected chi connectivity index (χ2v) is 7.20. The summed E-state index contributed by atoms with van der Waals surface area (Å²) < 4.78 is 17.6. The van der Waals surface area contributed by atoms with E-state index in [1.807, 2.05) is 20.0 Å². The zero-order valence-corrected chi connectivity index (χ0v) is 15.7. The molecule has 0 aliphatic carbocycles. The zero-order chi connectivity index (χ0) is 18.8. The van der Waals surface area contributed by atoms with Gasteiger partial charge in [0.15, 0.2) is 5.82 Å². The monoisotopic (exact) mass is 369 g/mol. The fraction of sp³-hybridized carbons (Fsp3) is 0.474. The van der Waals surface area contributed by atoms with E-state index in [9.17, 15) is 4.39 Å². The fourth-order valence-corrected chi connectivity index (χ4v) is 3.74.